The Hall–Kier alpha value is -1.85. The van der Waals surface area contributed by atoms with Gasteiger partial charge in [-0.1, -0.05) is 44.0 Å². The molecule has 0 spiro atoms. The van der Waals surface area contributed by atoms with E-state index in [0.29, 0.717) is 29.2 Å². The Balaban J connectivity index is 2.01. The molecule has 1 aromatic carbocycles. The van der Waals surface area contributed by atoms with Crippen LogP contribution in [-0.4, -0.2) is 31.4 Å². The molecule has 136 valence electrons. The summed E-state index contributed by atoms with van der Waals surface area (Å²) in [4.78, 5) is 24.5. The Bertz CT molecular complexity index is 678. The van der Waals surface area contributed by atoms with Gasteiger partial charge in [0, 0.05) is 25.2 Å². The Morgan fingerprint density at radius 1 is 1.28 bits per heavy atom. The van der Waals surface area contributed by atoms with Crippen LogP contribution in [0, 0.1) is 5.41 Å². The molecule has 6 heteroatoms. The van der Waals surface area contributed by atoms with Crippen LogP contribution in [0.5, 0.6) is 0 Å². The summed E-state index contributed by atoms with van der Waals surface area (Å²) >= 11 is 6.16. The van der Waals surface area contributed by atoms with E-state index < -0.39 is 0 Å². The van der Waals surface area contributed by atoms with Crippen molar-refractivity contribution in [1.82, 2.24) is 10.6 Å². The number of rotatable bonds is 5. The first-order chi connectivity index (χ1) is 11.7. The van der Waals surface area contributed by atoms with E-state index in [1.807, 2.05) is 20.8 Å². The lowest BCUT2D eigenvalue weighted by Gasteiger charge is -2.18. The lowest BCUT2D eigenvalue weighted by atomic mass is 9.92. The molecule has 2 amide bonds. The third-order valence-electron chi connectivity index (χ3n) is 3.82. The fourth-order valence-corrected chi connectivity index (χ4v) is 2.79. The van der Waals surface area contributed by atoms with Gasteiger partial charge in [-0.2, -0.15) is 0 Å². The number of anilines is 1. The number of hydrogen-bond donors (Lipinski definition) is 3. The summed E-state index contributed by atoms with van der Waals surface area (Å²) in [6.45, 7) is 8.28. The second kappa shape index (κ2) is 8.50. The summed E-state index contributed by atoms with van der Waals surface area (Å²) in [5.41, 5.74) is 2.05. The minimum Gasteiger partial charge on any atom is -0.348 e. The van der Waals surface area contributed by atoms with Crippen molar-refractivity contribution in [2.75, 3.05) is 25.0 Å². The highest BCUT2D eigenvalue weighted by Crippen LogP contribution is 2.23. The topological polar surface area (TPSA) is 70.2 Å². The van der Waals surface area contributed by atoms with Gasteiger partial charge in [0.05, 0.1) is 10.6 Å². The SMILES string of the molecule is CC(C)(C)CC(=O)Nc1ccc(Cl)c(C(=O)NCC2=CCNCC2)c1. The Labute approximate surface area is 154 Å². The van der Waals surface area contributed by atoms with Crippen molar-refractivity contribution in [1.29, 1.82) is 0 Å². The Kier molecular flexibility index (Phi) is 6.62. The molecule has 0 saturated carbocycles. The molecule has 0 atom stereocenters. The first-order valence-electron chi connectivity index (χ1n) is 8.51. The summed E-state index contributed by atoms with van der Waals surface area (Å²) in [5, 5.41) is 9.33. The van der Waals surface area contributed by atoms with Crippen LogP contribution in [0.1, 0.15) is 44.0 Å². The predicted molar refractivity (Wildman–Crippen MR) is 102 cm³/mol. The third kappa shape index (κ3) is 6.52. The van der Waals surface area contributed by atoms with Crippen LogP contribution in [0.2, 0.25) is 5.02 Å². The van der Waals surface area contributed by atoms with Crippen molar-refractivity contribution >= 4 is 29.1 Å². The normalized spacial score (nSPS) is 14.6. The van der Waals surface area contributed by atoms with Crippen LogP contribution in [0.25, 0.3) is 0 Å². The van der Waals surface area contributed by atoms with Crippen LogP contribution in [-0.2, 0) is 4.79 Å². The number of nitrogens with one attached hydrogen (secondary N) is 3. The zero-order valence-corrected chi connectivity index (χ0v) is 15.8. The average molecular weight is 364 g/mol. The maximum atomic E-state index is 12.4. The van der Waals surface area contributed by atoms with Gasteiger partial charge >= 0.3 is 0 Å². The van der Waals surface area contributed by atoms with Crippen molar-refractivity contribution in [3.8, 4) is 0 Å². The quantitative estimate of drug-likeness (QED) is 0.702. The van der Waals surface area contributed by atoms with E-state index in [2.05, 4.69) is 22.0 Å². The number of hydrogen-bond acceptors (Lipinski definition) is 3. The Morgan fingerprint density at radius 3 is 2.68 bits per heavy atom. The van der Waals surface area contributed by atoms with E-state index in [9.17, 15) is 9.59 Å². The zero-order chi connectivity index (χ0) is 18.4. The van der Waals surface area contributed by atoms with Crippen molar-refractivity contribution in [2.45, 2.75) is 33.6 Å². The number of halogens is 1. The van der Waals surface area contributed by atoms with Gasteiger partial charge < -0.3 is 16.0 Å². The van der Waals surface area contributed by atoms with Crippen molar-refractivity contribution in [2.24, 2.45) is 5.41 Å². The number of carbonyl (C=O) groups excluding carboxylic acids is 2. The molecule has 0 bridgehead atoms. The molecule has 0 unspecified atom stereocenters. The molecular weight excluding hydrogens is 338 g/mol. The van der Waals surface area contributed by atoms with E-state index in [4.69, 9.17) is 11.6 Å². The molecule has 2 rings (SSSR count). The first kappa shape index (κ1) is 19.5. The van der Waals surface area contributed by atoms with E-state index >= 15 is 0 Å². The number of carbonyl (C=O) groups is 2. The molecule has 0 fully saturated rings. The van der Waals surface area contributed by atoms with Crippen LogP contribution < -0.4 is 16.0 Å². The highest BCUT2D eigenvalue weighted by Gasteiger charge is 2.17. The van der Waals surface area contributed by atoms with E-state index in [1.165, 1.54) is 5.57 Å². The second-order valence-corrected chi connectivity index (χ2v) is 7.89. The van der Waals surface area contributed by atoms with Gasteiger partial charge in [0.25, 0.3) is 5.91 Å². The van der Waals surface area contributed by atoms with E-state index in [-0.39, 0.29) is 17.2 Å². The molecule has 1 aromatic rings. The van der Waals surface area contributed by atoms with Crippen molar-refractivity contribution < 1.29 is 9.59 Å². The molecule has 1 heterocycles. The molecular formula is C19H26ClN3O2. The van der Waals surface area contributed by atoms with E-state index in [0.717, 1.165) is 19.5 Å². The molecule has 0 aromatic heterocycles. The summed E-state index contributed by atoms with van der Waals surface area (Å²) < 4.78 is 0. The highest BCUT2D eigenvalue weighted by molar-refractivity contribution is 6.34. The molecule has 0 aliphatic carbocycles. The fourth-order valence-electron chi connectivity index (χ4n) is 2.58. The summed E-state index contributed by atoms with van der Waals surface area (Å²) in [7, 11) is 0. The van der Waals surface area contributed by atoms with Crippen LogP contribution in [0.4, 0.5) is 5.69 Å². The number of benzene rings is 1. The minimum atomic E-state index is -0.239. The van der Waals surface area contributed by atoms with Gasteiger partial charge in [-0.15, -0.1) is 0 Å². The maximum absolute atomic E-state index is 12.4. The summed E-state index contributed by atoms with van der Waals surface area (Å²) in [6, 6.07) is 4.96. The Morgan fingerprint density at radius 2 is 2.04 bits per heavy atom. The van der Waals surface area contributed by atoms with Crippen LogP contribution in [0.15, 0.2) is 29.8 Å². The van der Waals surface area contributed by atoms with Gasteiger partial charge in [0.15, 0.2) is 0 Å². The summed E-state index contributed by atoms with van der Waals surface area (Å²) in [5.74, 6) is -0.322. The summed E-state index contributed by atoms with van der Waals surface area (Å²) in [6.07, 6.45) is 3.42. The lowest BCUT2D eigenvalue weighted by Crippen LogP contribution is -2.29. The largest absolute Gasteiger partial charge is 0.348 e. The molecule has 1 aliphatic rings. The van der Waals surface area contributed by atoms with Gasteiger partial charge in [0.1, 0.15) is 0 Å². The molecule has 0 saturated heterocycles. The molecule has 3 N–H and O–H groups in total. The molecule has 5 nitrogen and oxygen atoms in total. The molecule has 25 heavy (non-hydrogen) atoms. The van der Waals surface area contributed by atoms with Gasteiger partial charge in [-0.25, -0.2) is 0 Å². The maximum Gasteiger partial charge on any atom is 0.253 e. The standard InChI is InChI=1S/C19H26ClN3O2/c1-19(2,3)11-17(24)23-14-4-5-16(20)15(10-14)18(25)22-12-13-6-8-21-9-7-13/h4-6,10,21H,7-9,11-12H2,1-3H3,(H,22,25)(H,23,24). The monoisotopic (exact) mass is 363 g/mol. The van der Waals surface area contributed by atoms with Gasteiger partial charge in [-0.3, -0.25) is 9.59 Å². The van der Waals surface area contributed by atoms with Crippen molar-refractivity contribution in [3.05, 3.63) is 40.4 Å². The van der Waals surface area contributed by atoms with E-state index in [1.54, 1.807) is 18.2 Å². The van der Waals surface area contributed by atoms with Crippen molar-refractivity contribution in [3.63, 3.8) is 0 Å². The molecule has 1 aliphatic heterocycles. The second-order valence-electron chi connectivity index (χ2n) is 7.48. The average Bonchev–Trinajstić information content (AvgIpc) is 2.53. The van der Waals surface area contributed by atoms with Gasteiger partial charge in [0.2, 0.25) is 5.91 Å². The van der Waals surface area contributed by atoms with Crippen LogP contribution >= 0.6 is 11.6 Å². The van der Waals surface area contributed by atoms with Crippen LogP contribution in [0.3, 0.4) is 0 Å². The fraction of sp³-hybridized carbons (Fsp3) is 0.474. The molecule has 0 radical (unpaired) electrons. The smallest absolute Gasteiger partial charge is 0.253 e. The highest BCUT2D eigenvalue weighted by atomic mass is 35.5. The minimum absolute atomic E-state index is 0.0824. The third-order valence-corrected chi connectivity index (χ3v) is 4.15. The van der Waals surface area contributed by atoms with Gasteiger partial charge in [-0.05, 0) is 36.6 Å². The lowest BCUT2D eigenvalue weighted by molar-refractivity contribution is -0.117. The zero-order valence-electron chi connectivity index (χ0n) is 15.0. The predicted octanol–water partition coefficient (Wildman–Crippen LogP) is 3.36. The first-order valence-corrected chi connectivity index (χ1v) is 8.89. The number of amides is 2.